The Balaban J connectivity index is 1.88. The smallest absolute Gasteiger partial charge is 0.201 e. The van der Waals surface area contributed by atoms with Crippen LogP contribution >= 0.6 is 0 Å². The quantitative estimate of drug-likeness (QED) is 0.651. The Morgan fingerprint density at radius 3 is 2.48 bits per heavy atom. The first-order valence-corrected chi connectivity index (χ1v) is 9.29. The van der Waals surface area contributed by atoms with Gasteiger partial charge in [0.1, 0.15) is 7.05 Å². The third-order valence-electron chi connectivity index (χ3n) is 6.26. The van der Waals surface area contributed by atoms with Crippen LogP contribution in [0.4, 0.5) is 0 Å². The third-order valence-corrected chi connectivity index (χ3v) is 6.26. The minimum atomic E-state index is 0.484. The Morgan fingerprint density at radius 1 is 0.957 bits per heavy atom. The standard InChI is InChI=1S/C22H28N/c1-17-9-4-5-11-19(17)21-15-20-18(16-23(21)2)10-8-14-22(20)12-6-3-7-13-22/h4-5,9,11,15-16H,3,6-8,10,12-14H2,1-2H3/q+1. The molecule has 0 atom stereocenters. The fourth-order valence-electron chi connectivity index (χ4n) is 5.02. The maximum absolute atomic E-state index is 2.54. The first kappa shape index (κ1) is 14.9. The van der Waals surface area contributed by atoms with Crippen molar-refractivity contribution in [3.05, 3.63) is 53.2 Å². The van der Waals surface area contributed by atoms with E-state index in [9.17, 15) is 0 Å². The summed E-state index contributed by atoms with van der Waals surface area (Å²) in [6.07, 6.45) is 13.5. The number of hydrogen-bond donors (Lipinski definition) is 0. The highest BCUT2D eigenvalue weighted by molar-refractivity contribution is 5.62. The molecule has 0 unspecified atom stereocenters. The van der Waals surface area contributed by atoms with E-state index >= 15 is 0 Å². The normalized spacial score (nSPS) is 19.6. The monoisotopic (exact) mass is 306 g/mol. The maximum atomic E-state index is 2.54. The number of benzene rings is 1. The average molecular weight is 306 g/mol. The molecule has 0 saturated heterocycles. The second-order valence-corrected chi connectivity index (χ2v) is 7.72. The lowest BCUT2D eigenvalue weighted by Gasteiger charge is -2.41. The Hall–Kier alpha value is -1.63. The van der Waals surface area contributed by atoms with E-state index in [0.717, 1.165) is 0 Å². The lowest BCUT2D eigenvalue weighted by atomic mass is 9.62. The number of hydrogen-bond acceptors (Lipinski definition) is 0. The van der Waals surface area contributed by atoms with Gasteiger partial charge < -0.3 is 0 Å². The number of nitrogens with zero attached hydrogens (tertiary/aromatic N) is 1. The number of pyridine rings is 1. The summed E-state index contributed by atoms with van der Waals surface area (Å²) < 4.78 is 2.35. The average Bonchev–Trinajstić information content (AvgIpc) is 2.56. The summed E-state index contributed by atoms with van der Waals surface area (Å²) in [6.45, 7) is 2.23. The molecule has 1 aromatic carbocycles. The van der Waals surface area contributed by atoms with Crippen molar-refractivity contribution in [2.45, 2.75) is 63.7 Å². The first-order chi connectivity index (χ1) is 11.2. The molecule has 0 bridgehead atoms. The van der Waals surface area contributed by atoms with Crippen LogP contribution in [0.1, 0.15) is 61.6 Å². The topological polar surface area (TPSA) is 3.88 Å². The number of aryl methyl sites for hydroxylation is 3. The molecule has 23 heavy (non-hydrogen) atoms. The molecule has 0 aliphatic heterocycles. The van der Waals surface area contributed by atoms with Gasteiger partial charge in [-0.2, -0.15) is 0 Å². The number of rotatable bonds is 1. The highest BCUT2D eigenvalue weighted by Crippen LogP contribution is 2.47. The fourth-order valence-corrected chi connectivity index (χ4v) is 5.02. The number of fused-ring (bicyclic) bond motifs is 2. The molecule has 120 valence electrons. The van der Waals surface area contributed by atoms with Gasteiger partial charge in [0.05, 0.1) is 0 Å². The first-order valence-electron chi connectivity index (χ1n) is 9.29. The van der Waals surface area contributed by atoms with Gasteiger partial charge >= 0.3 is 0 Å². The molecule has 4 rings (SSSR count). The van der Waals surface area contributed by atoms with Gasteiger partial charge in [-0.15, -0.1) is 0 Å². The molecule has 1 spiro atoms. The van der Waals surface area contributed by atoms with Gasteiger partial charge in [-0.3, -0.25) is 0 Å². The van der Waals surface area contributed by atoms with E-state index in [1.165, 1.54) is 68.2 Å². The van der Waals surface area contributed by atoms with Crippen LogP contribution in [0.25, 0.3) is 11.3 Å². The lowest BCUT2D eigenvalue weighted by molar-refractivity contribution is -0.661. The molecule has 2 aliphatic rings. The second-order valence-electron chi connectivity index (χ2n) is 7.72. The van der Waals surface area contributed by atoms with Gasteiger partial charge in [-0.25, -0.2) is 4.57 Å². The molecule has 1 saturated carbocycles. The highest BCUT2D eigenvalue weighted by atomic mass is 14.9. The van der Waals surface area contributed by atoms with Crippen LogP contribution < -0.4 is 4.57 Å². The van der Waals surface area contributed by atoms with Crippen LogP contribution in [-0.2, 0) is 18.9 Å². The Kier molecular flexibility index (Phi) is 3.75. The van der Waals surface area contributed by atoms with Crippen molar-refractivity contribution >= 4 is 0 Å². The summed E-state index contributed by atoms with van der Waals surface area (Å²) in [5, 5.41) is 0. The molecule has 1 aromatic heterocycles. The minimum Gasteiger partial charge on any atom is -0.201 e. The molecule has 1 heteroatoms. The SMILES string of the molecule is Cc1ccccc1-c1cc2c(c[n+]1C)CCCC21CCCCC1. The fraction of sp³-hybridized carbons (Fsp3) is 0.500. The van der Waals surface area contributed by atoms with Gasteiger partial charge in [0, 0.05) is 17.2 Å². The third kappa shape index (κ3) is 2.51. The van der Waals surface area contributed by atoms with Crippen molar-refractivity contribution in [3.8, 4) is 11.3 Å². The van der Waals surface area contributed by atoms with E-state index in [0.29, 0.717) is 5.41 Å². The largest absolute Gasteiger partial charge is 0.212 e. The highest BCUT2D eigenvalue weighted by Gasteiger charge is 2.39. The molecule has 2 aromatic rings. The van der Waals surface area contributed by atoms with Gasteiger partial charge in [-0.05, 0) is 61.6 Å². The zero-order chi connectivity index (χ0) is 15.9. The summed E-state index contributed by atoms with van der Waals surface area (Å²) in [4.78, 5) is 0. The van der Waals surface area contributed by atoms with Crippen LogP contribution in [0.2, 0.25) is 0 Å². The molecule has 0 amide bonds. The van der Waals surface area contributed by atoms with E-state index in [1.807, 2.05) is 0 Å². The molecular weight excluding hydrogens is 278 g/mol. The predicted octanol–water partition coefficient (Wildman–Crippen LogP) is 5.02. The predicted molar refractivity (Wildman–Crippen MR) is 95.5 cm³/mol. The van der Waals surface area contributed by atoms with Gasteiger partial charge in [0.2, 0.25) is 5.69 Å². The van der Waals surface area contributed by atoms with E-state index in [2.05, 4.69) is 55.1 Å². The summed E-state index contributed by atoms with van der Waals surface area (Å²) in [5.74, 6) is 0. The number of aromatic nitrogens is 1. The van der Waals surface area contributed by atoms with E-state index < -0.39 is 0 Å². The second kappa shape index (κ2) is 5.78. The van der Waals surface area contributed by atoms with Crippen molar-refractivity contribution in [2.75, 3.05) is 0 Å². The Labute approximate surface area is 140 Å². The molecular formula is C22H28N+. The van der Waals surface area contributed by atoms with Crippen LogP contribution in [0, 0.1) is 6.92 Å². The maximum Gasteiger partial charge on any atom is 0.212 e. The van der Waals surface area contributed by atoms with Crippen LogP contribution in [0.5, 0.6) is 0 Å². The summed E-state index contributed by atoms with van der Waals surface area (Å²) in [5.41, 5.74) is 7.91. The van der Waals surface area contributed by atoms with Crippen molar-refractivity contribution < 1.29 is 4.57 Å². The van der Waals surface area contributed by atoms with Gasteiger partial charge in [0.25, 0.3) is 0 Å². The van der Waals surface area contributed by atoms with Crippen molar-refractivity contribution in [2.24, 2.45) is 7.05 Å². The van der Waals surface area contributed by atoms with Crippen LogP contribution in [0.3, 0.4) is 0 Å². The van der Waals surface area contributed by atoms with Gasteiger partial charge in [0.15, 0.2) is 6.20 Å². The van der Waals surface area contributed by atoms with E-state index in [-0.39, 0.29) is 0 Å². The van der Waals surface area contributed by atoms with Crippen molar-refractivity contribution in [1.29, 1.82) is 0 Å². The zero-order valence-corrected chi connectivity index (χ0v) is 14.6. The van der Waals surface area contributed by atoms with Crippen molar-refractivity contribution in [3.63, 3.8) is 0 Å². The summed E-state index contributed by atoms with van der Waals surface area (Å²) in [6, 6.07) is 11.3. The summed E-state index contributed by atoms with van der Waals surface area (Å²) in [7, 11) is 2.21. The molecule has 0 N–H and O–H groups in total. The van der Waals surface area contributed by atoms with Gasteiger partial charge in [-0.1, -0.05) is 37.5 Å². The van der Waals surface area contributed by atoms with Crippen LogP contribution in [0.15, 0.2) is 36.5 Å². The zero-order valence-electron chi connectivity index (χ0n) is 14.6. The van der Waals surface area contributed by atoms with Crippen LogP contribution in [-0.4, -0.2) is 0 Å². The lowest BCUT2D eigenvalue weighted by Crippen LogP contribution is -2.38. The molecule has 1 heterocycles. The van der Waals surface area contributed by atoms with E-state index in [1.54, 1.807) is 11.1 Å². The minimum absolute atomic E-state index is 0.484. The molecule has 0 radical (unpaired) electrons. The Morgan fingerprint density at radius 2 is 1.70 bits per heavy atom. The summed E-state index contributed by atoms with van der Waals surface area (Å²) >= 11 is 0. The molecule has 1 nitrogen and oxygen atoms in total. The molecule has 2 aliphatic carbocycles. The van der Waals surface area contributed by atoms with Crippen molar-refractivity contribution in [1.82, 2.24) is 0 Å². The van der Waals surface area contributed by atoms with E-state index in [4.69, 9.17) is 0 Å². The molecule has 1 fully saturated rings. The Bertz CT molecular complexity index is 723.